The SMILES string of the molecule is OC(c1cnc(C2=CCN(c3ncnn4cc(Br)cc34)CC2)nc1)c1ccc(F)cc1F. The van der Waals surface area contributed by atoms with Gasteiger partial charge in [-0.2, -0.15) is 5.10 Å². The highest BCUT2D eigenvalue weighted by Crippen LogP contribution is 2.28. The quantitative estimate of drug-likeness (QED) is 0.459. The lowest BCUT2D eigenvalue weighted by atomic mass is 10.0. The summed E-state index contributed by atoms with van der Waals surface area (Å²) in [6, 6.07) is 5.04. The third-order valence-corrected chi connectivity index (χ3v) is 5.83. The van der Waals surface area contributed by atoms with Crippen LogP contribution in [0, 0.1) is 11.6 Å². The second kappa shape index (κ2) is 8.36. The van der Waals surface area contributed by atoms with Crippen molar-refractivity contribution < 1.29 is 13.9 Å². The zero-order valence-corrected chi connectivity index (χ0v) is 18.2. The van der Waals surface area contributed by atoms with Gasteiger partial charge in [-0.05, 0) is 40.1 Å². The number of fused-ring (bicyclic) bond motifs is 1. The van der Waals surface area contributed by atoms with Crippen LogP contribution in [0.3, 0.4) is 0 Å². The maximum atomic E-state index is 14.0. The summed E-state index contributed by atoms with van der Waals surface area (Å²) in [5.41, 5.74) is 2.21. The van der Waals surface area contributed by atoms with E-state index in [2.05, 4.69) is 40.9 Å². The lowest BCUT2D eigenvalue weighted by Gasteiger charge is -2.27. The van der Waals surface area contributed by atoms with Crippen LogP contribution in [0.1, 0.15) is 29.5 Å². The molecule has 0 radical (unpaired) electrons. The summed E-state index contributed by atoms with van der Waals surface area (Å²) < 4.78 is 29.8. The smallest absolute Gasteiger partial charge is 0.156 e. The Morgan fingerprint density at radius 2 is 1.91 bits per heavy atom. The standard InChI is InChI=1S/C22H17BrF2N6O/c23-15-7-19-22(28-12-29-31(19)11-15)30-5-3-13(4-6-30)21-26-9-14(10-27-21)20(32)17-2-1-16(24)8-18(17)25/h1-3,7-12,20,32H,4-6H2. The van der Waals surface area contributed by atoms with Gasteiger partial charge in [0.25, 0.3) is 0 Å². The molecule has 162 valence electrons. The second-order valence-corrected chi connectivity index (χ2v) is 8.32. The largest absolute Gasteiger partial charge is 0.383 e. The monoisotopic (exact) mass is 498 g/mol. The van der Waals surface area contributed by atoms with Crippen molar-refractivity contribution in [2.24, 2.45) is 0 Å². The highest BCUT2D eigenvalue weighted by molar-refractivity contribution is 9.10. The number of hydrogen-bond acceptors (Lipinski definition) is 6. The normalized spacial score (nSPS) is 15.1. The Hall–Kier alpha value is -3.24. The number of aromatic nitrogens is 5. The van der Waals surface area contributed by atoms with Gasteiger partial charge in [-0.25, -0.2) is 28.2 Å². The Bertz CT molecular complexity index is 1320. The van der Waals surface area contributed by atoms with Crippen molar-refractivity contribution in [2.45, 2.75) is 12.5 Å². The summed E-state index contributed by atoms with van der Waals surface area (Å²) >= 11 is 3.47. The fourth-order valence-electron chi connectivity index (χ4n) is 3.74. The molecule has 1 N–H and O–H groups in total. The molecule has 0 fully saturated rings. The lowest BCUT2D eigenvalue weighted by molar-refractivity contribution is 0.214. The molecule has 1 aliphatic rings. The summed E-state index contributed by atoms with van der Waals surface area (Å²) in [6.45, 7) is 1.37. The topological polar surface area (TPSA) is 79.4 Å². The number of aliphatic hydroxyl groups is 1. The zero-order chi connectivity index (χ0) is 22.2. The number of nitrogens with zero attached hydrogens (tertiary/aromatic N) is 6. The molecular formula is C22H17BrF2N6O. The van der Waals surface area contributed by atoms with Crippen LogP contribution in [-0.4, -0.2) is 42.8 Å². The van der Waals surface area contributed by atoms with Crippen molar-refractivity contribution in [3.63, 3.8) is 0 Å². The summed E-state index contributed by atoms with van der Waals surface area (Å²) in [5, 5.41) is 14.7. The van der Waals surface area contributed by atoms with E-state index in [-0.39, 0.29) is 5.56 Å². The molecule has 32 heavy (non-hydrogen) atoms. The minimum atomic E-state index is -1.28. The first kappa shape index (κ1) is 20.7. The average molecular weight is 499 g/mol. The van der Waals surface area contributed by atoms with E-state index < -0.39 is 17.7 Å². The van der Waals surface area contributed by atoms with E-state index in [1.54, 1.807) is 4.52 Å². The molecular weight excluding hydrogens is 482 g/mol. The first-order chi connectivity index (χ1) is 15.5. The van der Waals surface area contributed by atoms with Crippen molar-refractivity contribution in [3.05, 3.63) is 88.3 Å². The fourth-order valence-corrected chi connectivity index (χ4v) is 4.15. The van der Waals surface area contributed by atoms with Crippen molar-refractivity contribution >= 4 is 32.8 Å². The molecule has 0 amide bonds. The van der Waals surface area contributed by atoms with Gasteiger partial charge < -0.3 is 10.0 Å². The summed E-state index contributed by atoms with van der Waals surface area (Å²) in [5.74, 6) is -0.110. The Morgan fingerprint density at radius 3 is 2.62 bits per heavy atom. The van der Waals surface area contributed by atoms with Crippen LogP contribution in [0.4, 0.5) is 14.6 Å². The lowest BCUT2D eigenvalue weighted by Crippen LogP contribution is -2.29. The molecule has 1 aliphatic heterocycles. The third kappa shape index (κ3) is 3.87. The molecule has 0 saturated heterocycles. The van der Waals surface area contributed by atoms with Gasteiger partial charge in [0.2, 0.25) is 0 Å². The summed E-state index contributed by atoms with van der Waals surface area (Å²) in [4.78, 5) is 15.3. The number of anilines is 1. The molecule has 1 aromatic carbocycles. The molecule has 3 aromatic heterocycles. The van der Waals surface area contributed by atoms with E-state index in [9.17, 15) is 13.9 Å². The predicted octanol–water partition coefficient (Wildman–Crippen LogP) is 3.94. The van der Waals surface area contributed by atoms with Crippen LogP contribution < -0.4 is 4.90 Å². The molecule has 4 aromatic rings. The van der Waals surface area contributed by atoms with Crippen molar-refractivity contribution in [3.8, 4) is 0 Å². The molecule has 0 spiro atoms. The maximum Gasteiger partial charge on any atom is 0.156 e. The van der Waals surface area contributed by atoms with Gasteiger partial charge in [0.15, 0.2) is 11.6 Å². The van der Waals surface area contributed by atoms with E-state index in [1.165, 1.54) is 24.8 Å². The van der Waals surface area contributed by atoms with Gasteiger partial charge in [0.1, 0.15) is 29.6 Å². The first-order valence-corrected chi connectivity index (χ1v) is 10.7. The predicted molar refractivity (Wildman–Crippen MR) is 118 cm³/mol. The van der Waals surface area contributed by atoms with E-state index in [1.807, 2.05) is 18.3 Å². The molecule has 10 heteroatoms. The van der Waals surface area contributed by atoms with Gasteiger partial charge in [-0.3, -0.25) is 0 Å². The van der Waals surface area contributed by atoms with Gasteiger partial charge >= 0.3 is 0 Å². The molecule has 0 bridgehead atoms. The number of hydrogen-bond donors (Lipinski definition) is 1. The van der Waals surface area contributed by atoms with E-state index in [4.69, 9.17) is 0 Å². The van der Waals surface area contributed by atoms with Crippen molar-refractivity contribution in [2.75, 3.05) is 18.0 Å². The Balaban J connectivity index is 1.33. The average Bonchev–Trinajstić information content (AvgIpc) is 3.19. The minimum absolute atomic E-state index is 0.0246. The molecule has 7 nitrogen and oxygen atoms in total. The Kier molecular flexibility index (Phi) is 5.40. The molecule has 5 rings (SSSR count). The van der Waals surface area contributed by atoms with E-state index in [0.29, 0.717) is 24.4 Å². The van der Waals surface area contributed by atoms with Crippen LogP contribution in [0.5, 0.6) is 0 Å². The molecule has 0 saturated carbocycles. The number of benzene rings is 1. The fraction of sp³-hybridized carbons (Fsp3) is 0.182. The van der Waals surface area contributed by atoms with Crippen molar-refractivity contribution in [1.29, 1.82) is 0 Å². The third-order valence-electron chi connectivity index (χ3n) is 5.39. The summed E-state index contributed by atoms with van der Waals surface area (Å²) in [6.07, 6.45) is 7.84. The zero-order valence-electron chi connectivity index (χ0n) is 16.7. The highest BCUT2D eigenvalue weighted by Gasteiger charge is 2.20. The van der Waals surface area contributed by atoms with E-state index in [0.717, 1.165) is 40.1 Å². The van der Waals surface area contributed by atoms with Gasteiger partial charge in [0.05, 0.1) is 0 Å². The van der Waals surface area contributed by atoms with Crippen molar-refractivity contribution in [1.82, 2.24) is 24.6 Å². The second-order valence-electron chi connectivity index (χ2n) is 7.41. The van der Waals surface area contributed by atoms with Crippen LogP contribution in [0.25, 0.3) is 11.1 Å². The summed E-state index contributed by atoms with van der Waals surface area (Å²) in [7, 11) is 0. The van der Waals surface area contributed by atoms with Gasteiger partial charge in [-0.1, -0.05) is 12.1 Å². The van der Waals surface area contributed by atoms with Gasteiger partial charge in [0, 0.05) is 53.3 Å². The van der Waals surface area contributed by atoms with Crippen LogP contribution in [-0.2, 0) is 0 Å². The van der Waals surface area contributed by atoms with Crippen LogP contribution in [0.2, 0.25) is 0 Å². The molecule has 0 aliphatic carbocycles. The first-order valence-electron chi connectivity index (χ1n) is 9.88. The van der Waals surface area contributed by atoms with Gasteiger partial charge in [-0.15, -0.1) is 0 Å². The molecule has 1 unspecified atom stereocenters. The Morgan fingerprint density at radius 1 is 1.09 bits per heavy atom. The maximum absolute atomic E-state index is 14.0. The molecule has 1 atom stereocenters. The van der Waals surface area contributed by atoms with Crippen LogP contribution >= 0.6 is 15.9 Å². The van der Waals surface area contributed by atoms with Crippen LogP contribution in [0.15, 0.2) is 59.7 Å². The Labute approximate surface area is 190 Å². The molecule has 4 heterocycles. The number of halogens is 3. The highest BCUT2D eigenvalue weighted by atomic mass is 79.9. The van der Waals surface area contributed by atoms with E-state index >= 15 is 0 Å². The number of rotatable bonds is 4. The number of aliphatic hydroxyl groups excluding tert-OH is 1. The minimum Gasteiger partial charge on any atom is -0.383 e.